The lowest BCUT2D eigenvalue weighted by molar-refractivity contribution is 0.243. The number of benzene rings is 1. The molecule has 6 heteroatoms. The van der Waals surface area contributed by atoms with Gasteiger partial charge in [-0.3, -0.25) is 0 Å². The third-order valence-electron chi connectivity index (χ3n) is 2.29. The van der Waals surface area contributed by atoms with Crippen LogP contribution in [-0.2, 0) is 0 Å². The third kappa shape index (κ3) is 3.58. The molecule has 0 aliphatic rings. The van der Waals surface area contributed by atoms with E-state index in [0.29, 0.717) is 10.8 Å². The highest BCUT2D eigenvalue weighted by molar-refractivity contribution is 9.10. The summed E-state index contributed by atoms with van der Waals surface area (Å²) in [6.45, 7) is 3.93. The monoisotopic (exact) mass is 341 g/mol. The summed E-state index contributed by atoms with van der Waals surface area (Å²) in [7, 11) is 0. The molecular weight excluding hydrogens is 330 g/mol. The summed E-state index contributed by atoms with van der Waals surface area (Å²) in [5.41, 5.74) is 7.08. The summed E-state index contributed by atoms with van der Waals surface area (Å²) in [5, 5.41) is 0.304. The smallest absolute Gasteiger partial charge is 0.221 e. The van der Waals surface area contributed by atoms with Crippen LogP contribution in [0.25, 0.3) is 11.3 Å². The van der Waals surface area contributed by atoms with Crippen molar-refractivity contribution in [3.05, 3.63) is 33.9 Å². The standard InChI is InChI=1S/C13H13BrClN3O/c1-7(2)19-11-4-3-8(14)5-9(11)10-6-12(15)18-13(16)17-10/h3-7H,1-2H3,(H2,16,17,18). The highest BCUT2D eigenvalue weighted by Crippen LogP contribution is 2.33. The van der Waals surface area contributed by atoms with Crippen LogP contribution in [0.3, 0.4) is 0 Å². The van der Waals surface area contributed by atoms with Gasteiger partial charge in [0.25, 0.3) is 0 Å². The zero-order valence-corrected chi connectivity index (χ0v) is 12.9. The van der Waals surface area contributed by atoms with Crippen molar-refractivity contribution in [2.75, 3.05) is 5.73 Å². The van der Waals surface area contributed by atoms with E-state index in [4.69, 9.17) is 22.1 Å². The molecule has 0 aliphatic carbocycles. The molecule has 0 spiro atoms. The molecule has 1 aromatic carbocycles. The van der Waals surface area contributed by atoms with Gasteiger partial charge in [-0.1, -0.05) is 27.5 Å². The number of nitrogens with two attached hydrogens (primary N) is 1. The summed E-state index contributed by atoms with van der Waals surface area (Å²) >= 11 is 9.35. The number of aromatic nitrogens is 2. The second-order valence-electron chi connectivity index (χ2n) is 4.24. The lowest BCUT2D eigenvalue weighted by atomic mass is 10.1. The fourth-order valence-electron chi connectivity index (χ4n) is 1.63. The Morgan fingerprint density at radius 2 is 2.00 bits per heavy atom. The van der Waals surface area contributed by atoms with Crippen molar-refractivity contribution in [2.24, 2.45) is 0 Å². The Bertz CT molecular complexity index is 584. The van der Waals surface area contributed by atoms with Crippen molar-refractivity contribution < 1.29 is 4.74 Å². The van der Waals surface area contributed by atoms with Crippen LogP contribution in [0, 0.1) is 0 Å². The van der Waals surface area contributed by atoms with Crippen LogP contribution in [0.2, 0.25) is 5.15 Å². The van der Waals surface area contributed by atoms with Gasteiger partial charge in [0.2, 0.25) is 5.95 Å². The van der Waals surface area contributed by atoms with E-state index in [2.05, 4.69) is 25.9 Å². The first kappa shape index (κ1) is 14.1. The number of hydrogen-bond acceptors (Lipinski definition) is 4. The maximum absolute atomic E-state index is 5.91. The fourth-order valence-corrected chi connectivity index (χ4v) is 2.18. The molecular formula is C13H13BrClN3O. The Balaban J connectivity index is 2.55. The second kappa shape index (κ2) is 5.75. The molecule has 0 fully saturated rings. The topological polar surface area (TPSA) is 61.0 Å². The van der Waals surface area contributed by atoms with Crippen molar-refractivity contribution in [2.45, 2.75) is 20.0 Å². The van der Waals surface area contributed by atoms with Crippen molar-refractivity contribution in [1.29, 1.82) is 0 Å². The number of halogens is 2. The van der Waals surface area contributed by atoms with Crippen LogP contribution in [0.5, 0.6) is 5.75 Å². The molecule has 0 amide bonds. The van der Waals surface area contributed by atoms with E-state index in [-0.39, 0.29) is 12.1 Å². The van der Waals surface area contributed by atoms with E-state index in [1.165, 1.54) is 0 Å². The van der Waals surface area contributed by atoms with Crippen molar-refractivity contribution in [3.8, 4) is 17.0 Å². The molecule has 0 atom stereocenters. The molecule has 0 aliphatic heterocycles. The average molecular weight is 343 g/mol. The predicted molar refractivity (Wildman–Crippen MR) is 80.4 cm³/mol. The molecule has 0 radical (unpaired) electrons. The first-order valence-electron chi connectivity index (χ1n) is 5.72. The van der Waals surface area contributed by atoms with Crippen molar-refractivity contribution in [3.63, 3.8) is 0 Å². The molecule has 0 saturated heterocycles. The van der Waals surface area contributed by atoms with E-state index in [9.17, 15) is 0 Å². The number of nitrogens with zero attached hydrogens (tertiary/aromatic N) is 2. The van der Waals surface area contributed by atoms with Crippen molar-refractivity contribution >= 4 is 33.5 Å². The number of hydrogen-bond donors (Lipinski definition) is 1. The first-order chi connectivity index (χ1) is 8.95. The minimum absolute atomic E-state index is 0.0644. The van der Waals surface area contributed by atoms with Crippen LogP contribution >= 0.6 is 27.5 Å². The Kier molecular flexibility index (Phi) is 4.27. The summed E-state index contributed by atoms with van der Waals surface area (Å²) in [6.07, 6.45) is 0.0644. The van der Waals surface area contributed by atoms with Crippen molar-refractivity contribution in [1.82, 2.24) is 9.97 Å². The van der Waals surface area contributed by atoms with E-state index in [1.54, 1.807) is 6.07 Å². The average Bonchev–Trinajstić information content (AvgIpc) is 2.29. The zero-order chi connectivity index (χ0) is 14.0. The molecule has 19 heavy (non-hydrogen) atoms. The maximum atomic E-state index is 5.91. The third-order valence-corrected chi connectivity index (χ3v) is 2.98. The minimum Gasteiger partial charge on any atom is -0.490 e. The summed E-state index contributed by atoms with van der Waals surface area (Å²) in [4.78, 5) is 8.05. The van der Waals surface area contributed by atoms with Gasteiger partial charge in [-0.15, -0.1) is 0 Å². The van der Waals surface area contributed by atoms with Gasteiger partial charge in [-0.25, -0.2) is 9.97 Å². The van der Waals surface area contributed by atoms with Crippen LogP contribution < -0.4 is 10.5 Å². The molecule has 0 saturated carbocycles. The van der Waals surface area contributed by atoms with E-state index < -0.39 is 0 Å². The minimum atomic E-state index is 0.0644. The lowest BCUT2D eigenvalue weighted by Crippen LogP contribution is -2.07. The SMILES string of the molecule is CC(C)Oc1ccc(Br)cc1-c1cc(Cl)nc(N)n1. The number of rotatable bonds is 3. The Hall–Kier alpha value is -1.33. The first-order valence-corrected chi connectivity index (χ1v) is 6.89. The molecule has 2 N–H and O–H groups in total. The van der Waals surface area contributed by atoms with Gasteiger partial charge in [0, 0.05) is 16.1 Å². The van der Waals surface area contributed by atoms with E-state index >= 15 is 0 Å². The van der Waals surface area contributed by atoms with Gasteiger partial charge in [0.1, 0.15) is 10.9 Å². The van der Waals surface area contributed by atoms with Gasteiger partial charge in [-0.05, 0) is 32.0 Å². The Morgan fingerprint density at radius 3 is 2.63 bits per heavy atom. The summed E-state index contributed by atoms with van der Waals surface area (Å²) in [6, 6.07) is 7.36. The maximum Gasteiger partial charge on any atom is 0.221 e. The lowest BCUT2D eigenvalue weighted by Gasteiger charge is -2.14. The molecule has 1 aromatic heterocycles. The fraction of sp³-hybridized carbons (Fsp3) is 0.231. The number of anilines is 1. The molecule has 0 bridgehead atoms. The summed E-state index contributed by atoms with van der Waals surface area (Å²) in [5.74, 6) is 0.866. The van der Waals surface area contributed by atoms with Crippen LogP contribution in [0.15, 0.2) is 28.7 Å². The number of nitrogen functional groups attached to an aromatic ring is 1. The highest BCUT2D eigenvalue weighted by Gasteiger charge is 2.12. The number of ether oxygens (including phenoxy) is 1. The Labute approximate surface area is 125 Å². The molecule has 0 unspecified atom stereocenters. The normalized spacial score (nSPS) is 10.8. The van der Waals surface area contributed by atoms with Gasteiger partial charge in [0.15, 0.2) is 0 Å². The summed E-state index contributed by atoms with van der Waals surface area (Å²) < 4.78 is 6.69. The van der Waals surface area contributed by atoms with Crippen LogP contribution in [0.1, 0.15) is 13.8 Å². The molecule has 2 aromatic rings. The second-order valence-corrected chi connectivity index (χ2v) is 5.54. The van der Waals surface area contributed by atoms with Crippen LogP contribution in [0.4, 0.5) is 5.95 Å². The Morgan fingerprint density at radius 1 is 1.26 bits per heavy atom. The molecule has 2 rings (SSSR count). The van der Waals surface area contributed by atoms with E-state index in [1.807, 2.05) is 32.0 Å². The van der Waals surface area contributed by atoms with Crippen LogP contribution in [-0.4, -0.2) is 16.1 Å². The van der Waals surface area contributed by atoms with Gasteiger partial charge >= 0.3 is 0 Å². The van der Waals surface area contributed by atoms with Gasteiger partial charge in [0.05, 0.1) is 11.8 Å². The van der Waals surface area contributed by atoms with E-state index in [0.717, 1.165) is 15.8 Å². The predicted octanol–water partition coefficient (Wildman–Crippen LogP) is 3.93. The quantitative estimate of drug-likeness (QED) is 0.859. The highest BCUT2D eigenvalue weighted by atomic mass is 79.9. The zero-order valence-electron chi connectivity index (χ0n) is 10.5. The largest absolute Gasteiger partial charge is 0.490 e. The molecule has 1 heterocycles. The van der Waals surface area contributed by atoms with Gasteiger partial charge < -0.3 is 10.5 Å². The molecule has 100 valence electrons. The van der Waals surface area contributed by atoms with Gasteiger partial charge in [-0.2, -0.15) is 0 Å². The molecule has 4 nitrogen and oxygen atoms in total.